The van der Waals surface area contributed by atoms with Crippen LogP contribution in [-0.4, -0.2) is 93.8 Å². The second-order valence-electron chi connectivity index (χ2n) is 18.8. The van der Waals surface area contributed by atoms with Crippen LogP contribution < -0.4 is 25.2 Å². The normalized spacial score (nSPS) is 17.2. The van der Waals surface area contributed by atoms with Gasteiger partial charge in [0, 0.05) is 32.3 Å². The fourth-order valence-electron chi connectivity index (χ4n) is 8.39. The van der Waals surface area contributed by atoms with Crippen molar-refractivity contribution in [3.63, 3.8) is 0 Å². The van der Waals surface area contributed by atoms with Gasteiger partial charge in [-0.05, 0) is 122 Å². The Morgan fingerprint density at radius 2 is 1.70 bits per heavy atom. The van der Waals surface area contributed by atoms with Gasteiger partial charge in [-0.15, -0.1) is 11.3 Å². The number of ether oxygens (including phenoxy) is 2. The summed E-state index contributed by atoms with van der Waals surface area (Å²) in [6.07, 6.45) is 2.24. The minimum absolute atomic E-state index is 0.0266. The number of hydrogen-bond donors (Lipinski definition) is 3. The van der Waals surface area contributed by atoms with Crippen molar-refractivity contribution >= 4 is 63.7 Å². The fraction of sp³-hybridized carbons (Fsp3) is 0.365. The summed E-state index contributed by atoms with van der Waals surface area (Å²) in [5, 5.41) is 25.8. The molecule has 17 heteroatoms. The Hall–Kier alpha value is -6.58. The lowest BCUT2D eigenvalue weighted by molar-refractivity contribution is -0.144. The summed E-state index contributed by atoms with van der Waals surface area (Å²) >= 11 is 7.29. The number of likely N-dealkylation sites (tertiary alicyclic amines) is 1. The second-order valence-corrected chi connectivity index (χ2v) is 20.0. The number of aliphatic hydroxyl groups excluding tert-OH is 1. The molecule has 2 saturated heterocycles. The van der Waals surface area contributed by atoms with Crippen LogP contribution in [0.4, 0.5) is 15.8 Å². The number of carbonyl (C=O) groups excluding carboxylic acids is 4. The van der Waals surface area contributed by atoms with Crippen LogP contribution in [0.2, 0.25) is 0 Å². The van der Waals surface area contributed by atoms with Crippen LogP contribution in [0.5, 0.6) is 5.75 Å². The van der Waals surface area contributed by atoms with Gasteiger partial charge in [-0.1, -0.05) is 63.2 Å². The van der Waals surface area contributed by atoms with Gasteiger partial charge in [-0.25, -0.2) is 4.39 Å². The Labute approximate surface area is 411 Å². The molecule has 14 nitrogen and oxygen atoms in total. The average molecular weight is 974 g/mol. The van der Waals surface area contributed by atoms with E-state index in [9.17, 15) is 29.5 Å². The molecule has 3 heterocycles. The topological polar surface area (TPSA) is 177 Å². The Kier molecular flexibility index (Phi) is 15.6. The van der Waals surface area contributed by atoms with Gasteiger partial charge in [-0.2, -0.15) is 5.26 Å². The molecule has 7 rings (SSSR count). The monoisotopic (exact) mass is 973 g/mol. The van der Waals surface area contributed by atoms with E-state index in [1.54, 1.807) is 74.9 Å². The van der Waals surface area contributed by atoms with Crippen molar-refractivity contribution in [2.75, 3.05) is 36.2 Å². The lowest BCUT2D eigenvalue weighted by Gasteiger charge is -2.35. The molecule has 3 atom stereocenters. The number of halogens is 1. The first kappa shape index (κ1) is 50.3. The van der Waals surface area contributed by atoms with E-state index in [0.717, 1.165) is 21.6 Å². The first-order chi connectivity index (χ1) is 32.9. The van der Waals surface area contributed by atoms with E-state index in [1.165, 1.54) is 32.1 Å². The van der Waals surface area contributed by atoms with Crippen LogP contribution >= 0.6 is 23.6 Å². The van der Waals surface area contributed by atoms with Crippen molar-refractivity contribution < 1.29 is 38.1 Å². The summed E-state index contributed by atoms with van der Waals surface area (Å²) in [4.78, 5) is 63.5. The Morgan fingerprint density at radius 1 is 1.00 bits per heavy atom. The Bertz CT molecular complexity index is 2740. The molecule has 0 unspecified atom stereocenters. The van der Waals surface area contributed by atoms with Crippen molar-refractivity contribution in [2.45, 2.75) is 91.1 Å². The van der Waals surface area contributed by atoms with Crippen LogP contribution in [0.25, 0.3) is 21.6 Å². The van der Waals surface area contributed by atoms with E-state index >= 15 is 4.39 Å². The van der Waals surface area contributed by atoms with Crippen molar-refractivity contribution in [1.29, 1.82) is 5.26 Å². The van der Waals surface area contributed by atoms with Gasteiger partial charge < -0.3 is 35.0 Å². The van der Waals surface area contributed by atoms with E-state index in [4.69, 9.17) is 21.7 Å². The molecule has 5 aromatic rings. The van der Waals surface area contributed by atoms with Gasteiger partial charge in [-0.3, -0.25) is 29.1 Å². The van der Waals surface area contributed by atoms with Crippen LogP contribution in [0.1, 0.15) is 70.6 Å². The highest BCUT2D eigenvalue weighted by molar-refractivity contribution is 7.81. The zero-order valence-electron chi connectivity index (χ0n) is 39.5. The molecule has 4 aromatic carbocycles. The summed E-state index contributed by atoms with van der Waals surface area (Å²) in [5.74, 6) is -1.54. The minimum atomic E-state index is -1.18. The van der Waals surface area contributed by atoms with Crippen molar-refractivity contribution in [3.05, 3.63) is 119 Å². The standard InChI is InChI=1S/C52H56FN7O7S2/c1-32-23-38(17-13-37(32)26-54)59-49(65)52(5,6)60(50(59)68)42-20-16-36(24-41(42)53)34-14-18-40(19-15-34)67-22-8-7-21-66-30-45(62)57-46(51(2,3)4)48(64)58-29-39(61)25-43(58)47(63)56-27-33-9-11-35(12-10-33)44-28-55-31-69-44/h9-20,23-24,28,31,39,43,46,61H,7-8,21-22,25,27,29-30H2,1-6H3,(H,56,63)(H,57,62)/t39-,43+,46-/m1/s1. The number of thiazole rings is 1. The van der Waals surface area contributed by atoms with Gasteiger partial charge in [0.2, 0.25) is 17.7 Å². The van der Waals surface area contributed by atoms with Gasteiger partial charge in [0.15, 0.2) is 5.11 Å². The summed E-state index contributed by atoms with van der Waals surface area (Å²) in [7, 11) is 0. The zero-order chi connectivity index (χ0) is 49.6. The number of nitrogens with zero attached hydrogens (tertiary/aromatic N) is 5. The molecule has 3 N–H and O–H groups in total. The zero-order valence-corrected chi connectivity index (χ0v) is 41.1. The summed E-state index contributed by atoms with van der Waals surface area (Å²) in [5.41, 5.74) is 5.04. The van der Waals surface area contributed by atoms with Crippen molar-refractivity contribution in [1.82, 2.24) is 20.5 Å². The van der Waals surface area contributed by atoms with Gasteiger partial charge in [0.1, 0.15) is 35.8 Å². The fourth-order valence-corrected chi connectivity index (χ4v) is 9.53. The summed E-state index contributed by atoms with van der Waals surface area (Å²) in [6.45, 7) is 11.3. The first-order valence-electron chi connectivity index (χ1n) is 22.7. The lowest BCUT2D eigenvalue weighted by Crippen LogP contribution is -2.58. The van der Waals surface area contributed by atoms with E-state index in [1.807, 2.05) is 57.2 Å². The second kappa shape index (κ2) is 21.4. The third kappa shape index (κ3) is 11.5. The smallest absolute Gasteiger partial charge is 0.259 e. The van der Waals surface area contributed by atoms with Crippen molar-refractivity contribution in [3.8, 4) is 33.4 Å². The van der Waals surface area contributed by atoms with E-state index < -0.39 is 46.8 Å². The number of thiocarbonyl (C=S) groups is 1. The van der Waals surface area contributed by atoms with Crippen molar-refractivity contribution in [2.24, 2.45) is 5.41 Å². The molecular weight excluding hydrogens is 918 g/mol. The molecule has 0 saturated carbocycles. The molecule has 4 amide bonds. The van der Waals surface area contributed by atoms with Crippen LogP contribution in [-0.2, 0) is 30.5 Å². The Balaban J connectivity index is 0.842. The molecule has 0 radical (unpaired) electrons. The molecule has 2 aliphatic heterocycles. The highest BCUT2D eigenvalue weighted by Crippen LogP contribution is 2.39. The first-order valence-corrected chi connectivity index (χ1v) is 24.0. The van der Waals surface area contributed by atoms with Gasteiger partial charge in [0.05, 0.1) is 46.1 Å². The maximum absolute atomic E-state index is 15.9. The molecule has 0 aliphatic carbocycles. The number of anilines is 2. The third-order valence-corrected chi connectivity index (χ3v) is 13.4. The summed E-state index contributed by atoms with van der Waals surface area (Å²) < 4.78 is 27.5. The number of unbranched alkanes of at least 4 members (excludes halogenated alkanes) is 1. The van der Waals surface area contributed by atoms with Crippen LogP contribution in [0.3, 0.4) is 0 Å². The van der Waals surface area contributed by atoms with Crippen LogP contribution in [0.15, 0.2) is 96.6 Å². The lowest BCUT2D eigenvalue weighted by atomic mass is 9.85. The number of carbonyl (C=O) groups is 4. The highest BCUT2D eigenvalue weighted by atomic mass is 32.1. The van der Waals surface area contributed by atoms with E-state index in [0.29, 0.717) is 47.6 Å². The molecule has 1 aromatic heterocycles. The van der Waals surface area contributed by atoms with Gasteiger partial charge >= 0.3 is 0 Å². The molecular formula is C52H56FN7O7S2. The highest BCUT2D eigenvalue weighted by Gasteiger charge is 2.51. The number of benzene rings is 4. The predicted octanol–water partition coefficient (Wildman–Crippen LogP) is 7.70. The van der Waals surface area contributed by atoms with E-state index in [-0.39, 0.29) is 55.3 Å². The average Bonchev–Trinajstić information content (AvgIpc) is 4.04. The summed E-state index contributed by atoms with van der Waals surface area (Å²) in [6, 6.07) is 25.1. The number of aromatic nitrogens is 1. The number of rotatable bonds is 17. The number of nitriles is 1. The number of aliphatic hydroxyl groups is 1. The SMILES string of the molecule is Cc1cc(N2C(=O)C(C)(C)N(c3ccc(-c4ccc(OCCCCOCC(=O)N[C@H](C(=O)N5C[C@H](O)C[C@H]5C(=O)NCc5ccc(-c6cncs6)cc5)C(C)(C)C)cc4)cc3F)C2=S)ccc1C#N. The molecule has 0 spiro atoms. The van der Waals surface area contributed by atoms with Crippen LogP contribution in [0, 0.1) is 29.5 Å². The maximum atomic E-state index is 15.9. The molecule has 2 fully saturated rings. The Morgan fingerprint density at radius 3 is 2.35 bits per heavy atom. The van der Waals surface area contributed by atoms with Gasteiger partial charge in [0.25, 0.3) is 5.91 Å². The molecule has 360 valence electrons. The largest absolute Gasteiger partial charge is 0.494 e. The number of hydrogen-bond acceptors (Lipinski definition) is 11. The quantitative estimate of drug-likeness (QED) is 0.0615. The molecule has 69 heavy (non-hydrogen) atoms. The minimum Gasteiger partial charge on any atom is -0.494 e. The number of β-amino-alcohol motifs (C(OH)–C–C–N with tert-alkyl or cyclic N) is 1. The maximum Gasteiger partial charge on any atom is 0.259 e. The number of nitrogens with one attached hydrogen (secondary N) is 2. The number of amides is 4. The predicted molar refractivity (Wildman–Crippen MR) is 267 cm³/mol. The molecule has 0 bridgehead atoms. The van der Waals surface area contributed by atoms with E-state index in [2.05, 4.69) is 21.7 Å². The number of aryl methyl sites for hydroxylation is 1. The third-order valence-electron chi connectivity index (χ3n) is 12.2. The molecule has 2 aliphatic rings.